The molecule has 0 bridgehead atoms. The van der Waals surface area contributed by atoms with Crippen molar-refractivity contribution in [2.75, 3.05) is 0 Å². The molecule has 0 radical (unpaired) electrons. The molecular weight excluding hydrogens is 247 g/mol. The first-order valence-corrected chi connectivity index (χ1v) is 6.06. The molecule has 1 aliphatic carbocycles. The van der Waals surface area contributed by atoms with Crippen LogP contribution in [0.3, 0.4) is 0 Å². The van der Waals surface area contributed by atoms with Crippen LogP contribution in [-0.2, 0) is 6.54 Å². The summed E-state index contributed by atoms with van der Waals surface area (Å²) in [6.45, 7) is 1.57. The Balaban J connectivity index is 1.97. The summed E-state index contributed by atoms with van der Waals surface area (Å²) < 4.78 is 43.9. The maximum absolute atomic E-state index is 13.0. The molecule has 1 heterocycles. The van der Waals surface area contributed by atoms with Gasteiger partial charge in [0.05, 0.1) is 6.54 Å². The molecule has 1 saturated carbocycles. The quantitative estimate of drug-likeness (QED) is 0.907. The van der Waals surface area contributed by atoms with Crippen molar-refractivity contribution in [2.45, 2.75) is 51.4 Å². The Hall–Kier alpha value is -1.11. The topological polar surface area (TPSA) is 51.0 Å². The van der Waals surface area contributed by atoms with E-state index in [0.29, 0.717) is 18.7 Å². The second-order valence-corrected chi connectivity index (χ2v) is 4.66. The highest BCUT2D eigenvalue weighted by Crippen LogP contribution is 2.35. The maximum atomic E-state index is 13.0. The largest absolute Gasteiger partial charge is 0.424 e. The first-order valence-electron chi connectivity index (χ1n) is 6.06. The van der Waals surface area contributed by atoms with Gasteiger partial charge < -0.3 is 4.42 Å². The van der Waals surface area contributed by atoms with E-state index in [1.54, 1.807) is 6.92 Å². The Morgan fingerprint density at radius 2 is 2.00 bits per heavy atom. The molecule has 18 heavy (non-hydrogen) atoms. The number of nitrogens with zero attached hydrogens (tertiary/aromatic N) is 2. The molecule has 2 rings (SSSR count). The van der Waals surface area contributed by atoms with Gasteiger partial charge in [-0.1, -0.05) is 12.8 Å². The van der Waals surface area contributed by atoms with Crippen molar-refractivity contribution >= 4 is 0 Å². The molecule has 0 aliphatic heterocycles. The maximum Gasteiger partial charge on any atom is 0.404 e. The van der Waals surface area contributed by atoms with Crippen molar-refractivity contribution in [3.8, 4) is 0 Å². The van der Waals surface area contributed by atoms with Crippen LogP contribution in [0.1, 0.15) is 37.5 Å². The fourth-order valence-electron chi connectivity index (χ4n) is 2.45. The molecule has 1 N–H and O–H groups in total. The van der Waals surface area contributed by atoms with E-state index in [-0.39, 0.29) is 18.4 Å². The Morgan fingerprint density at radius 3 is 2.50 bits per heavy atom. The van der Waals surface area contributed by atoms with E-state index in [4.69, 9.17) is 4.42 Å². The van der Waals surface area contributed by atoms with Gasteiger partial charge in [-0.25, -0.2) is 0 Å². The third-order valence-corrected chi connectivity index (χ3v) is 3.26. The Morgan fingerprint density at radius 1 is 1.33 bits per heavy atom. The molecule has 7 heteroatoms. The van der Waals surface area contributed by atoms with Crippen molar-refractivity contribution in [2.24, 2.45) is 5.92 Å². The molecule has 102 valence electrons. The average Bonchev–Trinajstić information content (AvgIpc) is 2.88. The van der Waals surface area contributed by atoms with Gasteiger partial charge in [0.25, 0.3) is 0 Å². The predicted octanol–water partition coefficient (Wildman–Crippen LogP) is 2.59. The van der Waals surface area contributed by atoms with Gasteiger partial charge in [0.1, 0.15) is 6.04 Å². The van der Waals surface area contributed by atoms with Crippen molar-refractivity contribution in [1.82, 2.24) is 15.5 Å². The number of hydrogen-bond donors (Lipinski definition) is 1. The van der Waals surface area contributed by atoms with Crippen LogP contribution < -0.4 is 5.32 Å². The summed E-state index contributed by atoms with van der Waals surface area (Å²) in [7, 11) is 0. The minimum atomic E-state index is -4.23. The van der Waals surface area contributed by atoms with E-state index in [2.05, 4.69) is 15.5 Å². The first kappa shape index (κ1) is 13.3. The zero-order valence-electron chi connectivity index (χ0n) is 10.1. The van der Waals surface area contributed by atoms with E-state index in [1.165, 1.54) is 0 Å². The van der Waals surface area contributed by atoms with Crippen LogP contribution in [0.5, 0.6) is 0 Å². The number of hydrogen-bond acceptors (Lipinski definition) is 4. The monoisotopic (exact) mass is 263 g/mol. The summed E-state index contributed by atoms with van der Waals surface area (Å²) in [5.74, 6) is 0.213. The molecule has 1 aliphatic rings. The second-order valence-electron chi connectivity index (χ2n) is 4.66. The number of aryl methyl sites for hydroxylation is 1. The molecule has 1 aromatic heterocycles. The standard InChI is InChI=1S/C11H16F3N3O/c1-7-16-17-9(18-7)6-15-10(11(12,13)14)8-4-2-3-5-8/h8,10,15H,2-6H2,1H3. The molecule has 0 amide bonds. The Kier molecular flexibility index (Phi) is 3.89. The fourth-order valence-corrected chi connectivity index (χ4v) is 2.45. The molecular formula is C11H16F3N3O. The van der Waals surface area contributed by atoms with Gasteiger partial charge in [-0.2, -0.15) is 13.2 Å². The van der Waals surface area contributed by atoms with Gasteiger partial charge in [-0.3, -0.25) is 5.32 Å². The number of halogens is 3. The third kappa shape index (κ3) is 3.22. The summed E-state index contributed by atoms with van der Waals surface area (Å²) in [6, 6.07) is -1.48. The lowest BCUT2D eigenvalue weighted by molar-refractivity contribution is -0.168. The summed E-state index contributed by atoms with van der Waals surface area (Å²) in [6.07, 6.45) is -1.23. The molecule has 1 aromatic rings. The molecule has 0 saturated heterocycles. The minimum absolute atomic E-state index is 0.0402. The first-order chi connectivity index (χ1) is 8.47. The van der Waals surface area contributed by atoms with Crippen molar-refractivity contribution in [1.29, 1.82) is 0 Å². The van der Waals surface area contributed by atoms with Crippen molar-refractivity contribution < 1.29 is 17.6 Å². The molecule has 1 fully saturated rings. The second kappa shape index (κ2) is 5.26. The zero-order valence-corrected chi connectivity index (χ0v) is 10.1. The zero-order chi connectivity index (χ0) is 13.2. The van der Waals surface area contributed by atoms with Crippen LogP contribution in [0.25, 0.3) is 0 Å². The number of aromatic nitrogens is 2. The van der Waals surface area contributed by atoms with Crippen LogP contribution in [0.2, 0.25) is 0 Å². The molecule has 1 atom stereocenters. The van der Waals surface area contributed by atoms with Gasteiger partial charge in [0, 0.05) is 6.92 Å². The van der Waals surface area contributed by atoms with Gasteiger partial charge in [0.2, 0.25) is 11.8 Å². The van der Waals surface area contributed by atoms with Crippen molar-refractivity contribution in [3.05, 3.63) is 11.8 Å². The normalized spacial score (nSPS) is 19.3. The van der Waals surface area contributed by atoms with Gasteiger partial charge in [-0.15, -0.1) is 10.2 Å². The predicted molar refractivity (Wildman–Crippen MR) is 57.7 cm³/mol. The number of nitrogens with one attached hydrogen (secondary N) is 1. The van der Waals surface area contributed by atoms with E-state index in [1.807, 2.05) is 0 Å². The lowest BCUT2D eigenvalue weighted by Crippen LogP contribution is -2.46. The summed E-state index contributed by atoms with van der Waals surface area (Å²) in [4.78, 5) is 0. The van der Waals surface area contributed by atoms with Crippen LogP contribution in [0.15, 0.2) is 4.42 Å². The van der Waals surface area contributed by atoms with Gasteiger partial charge in [-0.05, 0) is 18.8 Å². The molecule has 0 spiro atoms. The summed E-state index contributed by atoms with van der Waals surface area (Å²) >= 11 is 0. The van der Waals surface area contributed by atoms with E-state index < -0.39 is 12.2 Å². The van der Waals surface area contributed by atoms with Gasteiger partial charge >= 0.3 is 6.18 Å². The van der Waals surface area contributed by atoms with Crippen LogP contribution >= 0.6 is 0 Å². The average molecular weight is 263 g/mol. The highest BCUT2D eigenvalue weighted by atomic mass is 19.4. The Labute approximate surface area is 103 Å². The summed E-state index contributed by atoms with van der Waals surface area (Å²) in [5, 5.41) is 9.78. The van der Waals surface area contributed by atoms with Gasteiger partial charge in [0.15, 0.2) is 0 Å². The van der Waals surface area contributed by atoms with E-state index in [0.717, 1.165) is 12.8 Å². The smallest absolute Gasteiger partial charge is 0.404 e. The number of rotatable bonds is 4. The fraction of sp³-hybridized carbons (Fsp3) is 0.818. The Bertz CT molecular complexity index is 385. The van der Waals surface area contributed by atoms with Crippen LogP contribution in [0, 0.1) is 12.8 Å². The highest BCUT2D eigenvalue weighted by molar-refractivity contribution is 4.88. The van der Waals surface area contributed by atoms with E-state index >= 15 is 0 Å². The molecule has 4 nitrogen and oxygen atoms in total. The van der Waals surface area contributed by atoms with Crippen LogP contribution in [-0.4, -0.2) is 22.4 Å². The third-order valence-electron chi connectivity index (χ3n) is 3.26. The molecule has 0 aromatic carbocycles. The van der Waals surface area contributed by atoms with Crippen LogP contribution in [0.4, 0.5) is 13.2 Å². The van der Waals surface area contributed by atoms with E-state index in [9.17, 15) is 13.2 Å². The number of alkyl halides is 3. The summed E-state index contributed by atoms with van der Waals surface area (Å²) in [5.41, 5.74) is 0. The lowest BCUT2D eigenvalue weighted by Gasteiger charge is -2.26. The lowest BCUT2D eigenvalue weighted by atomic mass is 9.97. The SMILES string of the molecule is Cc1nnc(CNC(C2CCCC2)C(F)(F)F)o1. The minimum Gasteiger partial charge on any atom is -0.424 e. The van der Waals surface area contributed by atoms with Crippen molar-refractivity contribution in [3.63, 3.8) is 0 Å². The highest BCUT2D eigenvalue weighted by Gasteiger charge is 2.45. The molecule has 1 unspecified atom stereocenters.